The van der Waals surface area contributed by atoms with E-state index in [0.717, 1.165) is 0 Å². The molecule has 29 heavy (non-hydrogen) atoms. The molecule has 8 heteroatoms. The Morgan fingerprint density at radius 2 is 1.41 bits per heavy atom. The number of halogens is 1. The standard InChI is InChI=1S/C21H21ClN4O3/c22-17-7-3-4-8-18(17)23-19(27)13-24-9-11-25(12-10-24)14-26-20(28)15-5-1-2-6-16(15)21(26)29/h1-8H,9-14H2,(H,23,27). The first kappa shape index (κ1) is 19.6. The summed E-state index contributed by atoms with van der Waals surface area (Å²) in [4.78, 5) is 42.7. The Balaban J connectivity index is 1.27. The number of para-hydroxylation sites is 1. The molecule has 0 aliphatic carbocycles. The van der Waals surface area contributed by atoms with Crippen LogP contribution >= 0.6 is 11.6 Å². The lowest BCUT2D eigenvalue weighted by Gasteiger charge is -2.35. The molecule has 2 aromatic carbocycles. The molecule has 2 heterocycles. The molecule has 1 N–H and O–H groups in total. The van der Waals surface area contributed by atoms with Gasteiger partial charge in [0.2, 0.25) is 5.91 Å². The average Bonchev–Trinajstić information content (AvgIpc) is 2.96. The summed E-state index contributed by atoms with van der Waals surface area (Å²) in [7, 11) is 0. The van der Waals surface area contributed by atoms with Crippen LogP contribution in [-0.4, -0.2) is 71.8 Å². The first-order valence-corrected chi connectivity index (χ1v) is 9.85. The van der Waals surface area contributed by atoms with Gasteiger partial charge in [-0.1, -0.05) is 35.9 Å². The second-order valence-electron chi connectivity index (χ2n) is 7.15. The molecule has 0 unspecified atom stereocenters. The van der Waals surface area contributed by atoms with Gasteiger partial charge in [0.25, 0.3) is 11.8 Å². The van der Waals surface area contributed by atoms with Crippen molar-refractivity contribution in [3.8, 4) is 0 Å². The van der Waals surface area contributed by atoms with E-state index in [1.165, 1.54) is 4.90 Å². The van der Waals surface area contributed by atoms with Gasteiger partial charge in [-0.2, -0.15) is 0 Å². The normalized spacial score (nSPS) is 17.5. The predicted molar refractivity (Wildman–Crippen MR) is 110 cm³/mol. The Morgan fingerprint density at radius 1 is 0.862 bits per heavy atom. The first-order chi connectivity index (χ1) is 14.0. The number of fused-ring (bicyclic) bond motifs is 1. The number of hydrogen-bond donors (Lipinski definition) is 1. The summed E-state index contributed by atoms with van der Waals surface area (Å²) in [5.41, 5.74) is 1.53. The molecule has 7 nitrogen and oxygen atoms in total. The maximum atomic E-state index is 12.5. The summed E-state index contributed by atoms with van der Waals surface area (Å²) in [5, 5.41) is 3.33. The third-order valence-electron chi connectivity index (χ3n) is 5.20. The van der Waals surface area contributed by atoms with Crippen LogP contribution in [0.4, 0.5) is 5.69 Å². The fraction of sp³-hybridized carbons (Fsp3) is 0.286. The van der Waals surface area contributed by atoms with Crippen LogP contribution in [0.3, 0.4) is 0 Å². The zero-order valence-electron chi connectivity index (χ0n) is 15.8. The molecular weight excluding hydrogens is 392 g/mol. The first-order valence-electron chi connectivity index (χ1n) is 9.47. The third kappa shape index (κ3) is 4.17. The molecule has 0 bridgehead atoms. The highest BCUT2D eigenvalue weighted by Gasteiger charge is 2.36. The molecule has 2 aromatic rings. The van der Waals surface area contributed by atoms with Gasteiger partial charge >= 0.3 is 0 Å². The fourth-order valence-electron chi connectivity index (χ4n) is 3.61. The molecule has 0 spiro atoms. The van der Waals surface area contributed by atoms with Crippen molar-refractivity contribution in [2.45, 2.75) is 0 Å². The van der Waals surface area contributed by atoms with Crippen molar-refractivity contribution < 1.29 is 14.4 Å². The number of amides is 3. The van der Waals surface area contributed by atoms with Gasteiger partial charge in [0.05, 0.1) is 35.1 Å². The van der Waals surface area contributed by atoms with Crippen molar-refractivity contribution in [3.63, 3.8) is 0 Å². The molecule has 0 saturated carbocycles. The quantitative estimate of drug-likeness (QED) is 0.762. The van der Waals surface area contributed by atoms with Gasteiger partial charge in [-0.3, -0.25) is 29.1 Å². The smallest absolute Gasteiger partial charge is 0.262 e. The molecule has 1 saturated heterocycles. The molecule has 3 amide bonds. The molecule has 1 fully saturated rings. The van der Waals surface area contributed by atoms with Crippen LogP contribution in [0.2, 0.25) is 5.02 Å². The lowest BCUT2D eigenvalue weighted by Crippen LogP contribution is -2.52. The van der Waals surface area contributed by atoms with Crippen LogP contribution in [0.5, 0.6) is 0 Å². The number of nitrogens with zero attached hydrogens (tertiary/aromatic N) is 3. The monoisotopic (exact) mass is 412 g/mol. The van der Waals surface area contributed by atoms with Gasteiger partial charge in [0.15, 0.2) is 0 Å². The van der Waals surface area contributed by atoms with Gasteiger partial charge in [-0.05, 0) is 24.3 Å². The lowest BCUT2D eigenvalue weighted by molar-refractivity contribution is -0.117. The maximum absolute atomic E-state index is 12.5. The van der Waals surface area contributed by atoms with Crippen molar-refractivity contribution in [3.05, 3.63) is 64.7 Å². The van der Waals surface area contributed by atoms with E-state index in [9.17, 15) is 14.4 Å². The van der Waals surface area contributed by atoms with Crippen molar-refractivity contribution in [2.24, 2.45) is 0 Å². The molecule has 2 aliphatic rings. The van der Waals surface area contributed by atoms with Crippen LogP contribution in [0.15, 0.2) is 48.5 Å². The Labute approximate surface area is 173 Å². The van der Waals surface area contributed by atoms with Crippen LogP contribution < -0.4 is 5.32 Å². The minimum absolute atomic E-state index is 0.119. The molecule has 2 aliphatic heterocycles. The number of rotatable bonds is 5. The molecule has 0 atom stereocenters. The number of benzene rings is 2. The molecule has 4 rings (SSSR count). The maximum Gasteiger partial charge on any atom is 0.262 e. The van der Waals surface area contributed by atoms with E-state index >= 15 is 0 Å². The zero-order chi connectivity index (χ0) is 20.4. The van der Waals surface area contributed by atoms with E-state index < -0.39 is 0 Å². The Hall–Kier alpha value is -2.74. The molecule has 0 radical (unpaired) electrons. The Morgan fingerprint density at radius 3 is 2.03 bits per heavy atom. The van der Waals surface area contributed by atoms with E-state index in [4.69, 9.17) is 11.6 Å². The minimum atomic E-state index is -0.243. The topological polar surface area (TPSA) is 73.0 Å². The molecule has 0 aromatic heterocycles. The summed E-state index contributed by atoms with van der Waals surface area (Å²) < 4.78 is 0. The van der Waals surface area contributed by atoms with E-state index in [0.29, 0.717) is 48.0 Å². The summed E-state index contributed by atoms with van der Waals surface area (Å²) >= 11 is 6.07. The summed E-state index contributed by atoms with van der Waals surface area (Å²) in [5.74, 6) is -0.605. The number of carbonyl (C=O) groups excluding carboxylic acids is 3. The fourth-order valence-corrected chi connectivity index (χ4v) is 3.79. The largest absolute Gasteiger partial charge is 0.324 e. The predicted octanol–water partition coefficient (Wildman–Crippen LogP) is 2.15. The van der Waals surface area contributed by atoms with Crippen molar-refractivity contribution in [2.75, 3.05) is 44.7 Å². The average molecular weight is 413 g/mol. The van der Waals surface area contributed by atoms with Gasteiger partial charge < -0.3 is 5.32 Å². The summed E-state index contributed by atoms with van der Waals surface area (Å²) in [6.45, 7) is 3.25. The number of imide groups is 1. The number of piperazine rings is 1. The Kier molecular flexibility index (Phi) is 5.62. The van der Waals surface area contributed by atoms with Gasteiger partial charge in [0.1, 0.15) is 0 Å². The van der Waals surface area contributed by atoms with E-state index in [2.05, 4.69) is 10.2 Å². The van der Waals surface area contributed by atoms with Gasteiger partial charge in [0, 0.05) is 26.2 Å². The van der Waals surface area contributed by atoms with Crippen LogP contribution in [-0.2, 0) is 4.79 Å². The summed E-state index contributed by atoms with van der Waals surface area (Å²) in [6, 6.07) is 14.0. The van der Waals surface area contributed by atoms with Crippen molar-refractivity contribution >= 4 is 35.0 Å². The minimum Gasteiger partial charge on any atom is -0.324 e. The third-order valence-corrected chi connectivity index (χ3v) is 5.53. The highest BCUT2D eigenvalue weighted by molar-refractivity contribution is 6.33. The van der Waals surface area contributed by atoms with Crippen molar-refractivity contribution in [1.82, 2.24) is 14.7 Å². The van der Waals surface area contributed by atoms with Crippen LogP contribution in [0.1, 0.15) is 20.7 Å². The van der Waals surface area contributed by atoms with E-state index in [-0.39, 0.29) is 30.9 Å². The SMILES string of the molecule is O=C(CN1CCN(CN2C(=O)c3ccccc3C2=O)CC1)Nc1ccccc1Cl. The Bertz CT molecular complexity index is 921. The van der Waals surface area contributed by atoms with E-state index in [1.54, 1.807) is 36.4 Å². The van der Waals surface area contributed by atoms with Gasteiger partial charge in [-0.25, -0.2) is 0 Å². The molecular formula is C21H21ClN4O3. The van der Waals surface area contributed by atoms with E-state index in [1.807, 2.05) is 17.0 Å². The van der Waals surface area contributed by atoms with Crippen molar-refractivity contribution in [1.29, 1.82) is 0 Å². The highest BCUT2D eigenvalue weighted by atomic mass is 35.5. The van der Waals surface area contributed by atoms with Crippen LogP contribution in [0.25, 0.3) is 0 Å². The van der Waals surface area contributed by atoms with Gasteiger partial charge in [-0.15, -0.1) is 0 Å². The number of anilines is 1. The number of carbonyl (C=O) groups is 3. The lowest BCUT2D eigenvalue weighted by atomic mass is 10.1. The second kappa shape index (κ2) is 8.32. The molecule has 150 valence electrons. The highest BCUT2D eigenvalue weighted by Crippen LogP contribution is 2.23. The summed E-state index contributed by atoms with van der Waals surface area (Å²) in [6.07, 6.45) is 0. The zero-order valence-corrected chi connectivity index (χ0v) is 16.6. The van der Waals surface area contributed by atoms with Crippen LogP contribution in [0, 0.1) is 0 Å². The second-order valence-corrected chi connectivity index (χ2v) is 7.55. The number of nitrogens with one attached hydrogen (secondary N) is 1. The number of hydrogen-bond acceptors (Lipinski definition) is 5.